The van der Waals surface area contributed by atoms with Gasteiger partial charge in [0.05, 0.1) is 0 Å². The average Bonchev–Trinajstić information content (AvgIpc) is 2.28. The second-order valence-electron chi connectivity index (χ2n) is 5.48. The molecule has 0 aliphatic carbocycles. The topological polar surface area (TPSA) is 24.1 Å². The largest absolute Gasteiger partial charge is 0.316 e. The Morgan fingerprint density at radius 3 is 2.06 bits per heavy atom. The smallest absolute Gasteiger partial charge is 0.0206 e. The standard InChI is InChI=1S/C15H26N2/c1-5-16-10-11-17-12-13-6-8-14(9-7-13)15(2,3)4/h6-9,16-17H,5,10-12H2,1-4H3. The highest BCUT2D eigenvalue weighted by molar-refractivity contribution is 5.27. The second-order valence-corrected chi connectivity index (χ2v) is 5.48. The highest BCUT2D eigenvalue weighted by atomic mass is 14.9. The van der Waals surface area contributed by atoms with Gasteiger partial charge in [-0.1, -0.05) is 52.0 Å². The molecule has 96 valence electrons. The van der Waals surface area contributed by atoms with E-state index in [0.717, 1.165) is 26.2 Å². The van der Waals surface area contributed by atoms with Gasteiger partial charge in [0.25, 0.3) is 0 Å². The Balaban J connectivity index is 2.36. The van der Waals surface area contributed by atoms with Gasteiger partial charge in [-0.2, -0.15) is 0 Å². The zero-order valence-corrected chi connectivity index (χ0v) is 11.6. The van der Waals surface area contributed by atoms with Crippen molar-refractivity contribution >= 4 is 0 Å². The van der Waals surface area contributed by atoms with Crippen molar-refractivity contribution in [1.29, 1.82) is 0 Å². The van der Waals surface area contributed by atoms with Crippen LogP contribution in [0.1, 0.15) is 38.8 Å². The van der Waals surface area contributed by atoms with E-state index in [2.05, 4.69) is 62.6 Å². The van der Waals surface area contributed by atoms with Crippen molar-refractivity contribution in [3.8, 4) is 0 Å². The average molecular weight is 234 g/mol. The van der Waals surface area contributed by atoms with Gasteiger partial charge >= 0.3 is 0 Å². The molecule has 0 heterocycles. The minimum absolute atomic E-state index is 0.247. The molecule has 0 fully saturated rings. The van der Waals surface area contributed by atoms with Crippen molar-refractivity contribution in [3.63, 3.8) is 0 Å². The number of nitrogens with one attached hydrogen (secondary N) is 2. The van der Waals surface area contributed by atoms with E-state index in [-0.39, 0.29) is 5.41 Å². The lowest BCUT2D eigenvalue weighted by molar-refractivity contribution is 0.589. The molecule has 0 aromatic heterocycles. The van der Waals surface area contributed by atoms with Crippen LogP contribution in [0.5, 0.6) is 0 Å². The molecule has 0 aliphatic rings. The molecular formula is C15H26N2. The van der Waals surface area contributed by atoms with Crippen LogP contribution < -0.4 is 10.6 Å². The van der Waals surface area contributed by atoms with Crippen LogP contribution >= 0.6 is 0 Å². The van der Waals surface area contributed by atoms with Gasteiger partial charge in [-0.3, -0.25) is 0 Å². The van der Waals surface area contributed by atoms with E-state index < -0.39 is 0 Å². The van der Waals surface area contributed by atoms with Crippen LogP contribution in [0, 0.1) is 0 Å². The predicted molar refractivity (Wildman–Crippen MR) is 75.4 cm³/mol. The van der Waals surface area contributed by atoms with Crippen molar-refractivity contribution in [2.45, 2.75) is 39.7 Å². The Morgan fingerprint density at radius 1 is 0.941 bits per heavy atom. The van der Waals surface area contributed by atoms with Gasteiger partial charge in [-0.05, 0) is 23.1 Å². The summed E-state index contributed by atoms with van der Waals surface area (Å²) in [6, 6.07) is 8.92. The third-order valence-electron chi connectivity index (χ3n) is 2.88. The van der Waals surface area contributed by atoms with E-state index in [0.29, 0.717) is 0 Å². The lowest BCUT2D eigenvalue weighted by Gasteiger charge is -2.19. The molecule has 0 spiro atoms. The summed E-state index contributed by atoms with van der Waals surface area (Å²) in [6.45, 7) is 12.9. The quantitative estimate of drug-likeness (QED) is 0.740. The van der Waals surface area contributed by atoms with E-state index >= 15 is 0 Å². The normalized spacial score (nSPS) is 11.8. The molecule has 0 saturated carbocycles. The Hall–Kier alpha value is -0.860. The Kier molecular flexibility index (Phi) is 5.66. The van der Waals surface area contributed by atoms with Gasteiger partial charge in [0.15, 0.2) is 0 Å². The zero-order valence-electron chi connectivity index (χ0n) is 11.6. The van der Waals surface area contributed by atoms with Crippen molar-refractivity contribution in [2.75, 3.05) is 19.6 Å². The number of hydrogen-bond acceptors (Lipinski definition) is 2. The maximum absolute atomic E-state index is 3.43. The van der Waals surface area contributed by atoms with E-state index in [9.17, 15) is 0 Å². The van der Waals surface area contributed by atoms with Crippen LogP contribution in [0.4, 0.5) is 0 Å². The number of rotatable bonds is 6. The maximum Gasteiger partial charge on any atom is 0.0206 e. The molecule has 1 rings (SSSR count). The van der Waals surface area contributed by atoms with Gasteiger partial charge in [0.2, 0.25) is 0 Å². The monoisotopic (exact) mass is 234 g/mol. The minimum Gasteiger partial charge on any atom is -0.316 e. The van der Waals surface area contributed by atoms with Crippen LogP contribution in [0.25, 0.3) is 0 Å². The maximum atomic E-state index is 3.43. The molecule has 1 aromatic rings. The molecule has 1 aromatic carbocycles. The molecule has 0 saturated heterocycles. The van der Waals surface area contributed by atoms with Gasteiger partial charge in [-0.25, -0.2) is 0 Å². The summed E-state index contributed by atoms with van der Waals surface area (Å²) < 4.78 is 0. The first-order valence-electron chi connectivity index (χ1n) is 6.55. The fraction of sp³-hybridized carbons (Fsp3) is 0.600. The molecule has 17 heavy (non-hydrogen) atoms. The molecule has 0 aliphatic heterocycles. The Labute approximate surface area is 106 Å². The van der Waals surface area contributed by atoms with Crippen LogP contribution in [0.3, 0.4) is 0 Å². The molecular weight excluding hydrogens is 208 g/mol. The summed E-state index contributed by atoms with van der Waals surface area (Å²) >= 11 is 0. The third-order valence-corrected chi connectivity index (χ3v) is 2.88. The summed E-state index contributed by atoms with van der Waals surface area (Å²) in [6.07, 6.45) is 0. The molecule has 0 amide bonds. The van der Waals surface area contributed by atoms with E-state index in [1.54, 1.807) is 0 Å². The van der Waals surface area contributed by atoms with Crippen LogP contribution in [-0.2, 0) is 12.0 Å². The molecule has 0 bridgehead atoms. The first kappa shape index (κ1) is 14.2. The molecule has 2 N–H and O–H groups in total. The first-order valence-corrected chi connectivity index (χ1v) is 6.55. The summed E-state index contributed by atoms with van der Waals surface area (Å²) in [5.74, 6) is 0. The molecule has 0 radical (unpaired) electrons. The van der Waals surface area contributed by atoms with Gasteiger partial charge in [-0.15, -0.1) is 0 Å². The summed E-state index contributed by atoms with van der Waals surface area (Å²) in [5.41, 5.74) is 3.00. The molecule has 2 heteroatoms. The molecule has 2 nitrogen and oxygen atoms in total. The number of benzene rings is 1. The van der Waals surface area contributed by atoms with Crippen molar-refractivity contribution in [3.05, 3.63) is 35.4 Å². The first-order chi connectivity index (χ1) is 8.04. The van der Waals surface area contributed by atoms with E-state index in [4.69, 9.17) is 0 Å². The van der Waals surface area contributed by atoms with E-state index in [1.165, 1.54) is 11.1 Å². The number of likely N-dealkylation sites (N-methyl/N-ethyl adjacent to an activating group) is 1. The predicted octanol–water partition coefficient (Wildman–Crippen LogP) is 2.68. The SMILES string of the molecule is CCNCCNCc1ccc(C(C)(C)C)cc1. The summed E-state index contributed by atoms with van der Waals surface area (Å²) in [5, 5.41) is 6.73. The molecule has 0 atom stereocenters. The highest BCUT2D eigenvalue weighted by Crippen LogP contribution is 2.21. The third kappa shape index (κ3) is 5.33. The zero-order chi connectivity index (χ0) is 12.7. The van der Waals surface area contributed by atoms with E-state index in [1.807, 2.05) is 0 Å². The van der Waals surface area contributed by atoms with Gasteiger partial charge < -0.3 is 10.6 Å². The van der Waals surface area contributed by atoms with Crippen molar-refractivity contribution < 1.29 is 0 Å². The fourth-order valence-corrected chi connectivity index (χ4v) is 1.71. The fourth-order valence-electron chi connectivity index (χ4n) is 1.71. The minimum atomic E-state index is 0.247. The summed E-state index contributed by atoms with van der Waals surface area (Å²) in [4.78, 5) is 0. The van der Waals surface area contributed by atoms with Gasteiger partial charge in [0, 0.05) is 19.6 Å². The lowest BCUT2D eigenvalue weighted by atomic mass is 9.87. The Morgan fingerprint density at radius 2 is 1.53 bits per heavy atom. The Bertz CT molecular complexity index is 309. The van der Waals surface area contributed by atoms with Crippen molar-refractivity contribution in [2.24, 2.45) is 0 Å². The second kappa shape index (κ2) is 6.77. The lowest BCUT2D eigenvalue weighted by Crippen LogP contribution is -2.26. The van der Waals surface area contributed by atoms with Crippen LogP contribution in [0.2, 0.25) is 0 Å². The number of hydrogen-bond donors (Lipinski definition) is 2. The van der Waals surface area contributed by atoms with Crippen LogP contribution in [0.15, 0.2) is 24.3 Å². The molecule has 0 unspecified atom stereocenters. The van der Waals surface area contributed by atoms with Gasteiger partial charge in [0.1, 0.15) is 0 Å². The summed E-state index contributed by atoms with van der Waals surface area (Å²) in [7, 11) is 0. The van der Waals surface area contributed by atoms with Crippen molar-refractivity contribution in [1.82, 2.24) is 10.6 Å². The van der Waals surface area contributed by atoms with Crippen LogP contribution in [-0.4, -0.2) is 19.6 Å². The highest BCUT2D eigenvalue weighted by Gasteiger charge is 2.12.